The van der Waals surface area contributed by atoms with E-state index in [4.69, 9.17) is 19.9 Å². The summed E-state index contributed by atoms with van der Waals surface area (Å²) in [5.74, 6) is 0.0297. The molecule has 1 aromatic rings. The van der Waals surface area contributed by atoms with Gasteiger partial charge in [0.15, 0.2) is 0 Å². The molecule has 5 heteroatoms. The fourth-order valence-corrected chi connectivity index (χ4v) is 1.94. The van der Waals surface area contributed by atoms with Crippen molar-refractivity contribution in [3.63, 3.8) is 0 Å². The van der Waals surface area contributed by atoms with E-state index in [1.807, 2.05) is 25.1 Å². The van der Waals surface area contributed by atoms with Gasteiger partial charge < -0.3 is 19.9 Å². The van der Waals surface area contributed by atoms with Crippen molar-refractivity contribution in [3.8, 4) is 5.75 Å². The minimum Gasteiger partial charge on any atom is -0.494 e. The van der Waals surface area contributed by atoms with Gasteiger partial charge in [0.2, 0.25) is 0 Å². The van der Waals surface area contributed by atoms with Crippen molar-refractivity contribution in [3.05, 3.63) is 29.3 Å². The fraction of sp³-hybridized carbons (Fsp3) is 0.417. The van der Waals surface area contributed by atoms with E-state index in [0.717, 1.165) is 16.9 Å². The van der Waals surface area contributed by atoms with Crippen molar-refractivity contribution in [2.75, 3.05) is 20.8 Å². The summed E-state index contributed by atoms with van der Waals surface area (Å²) in [4.78, 5) is 4.22. The predicted octanol–water partition coefficient (Wildman–Crippen LogP) is 1.21. The smallest absolute Gasteiger partial charge is 0.300 e. The molecule has 0 spiro atoms. The first-order valence-electron chi connectivity index (χ1n) is 5.40. The minimum atomic E-state index is -1.12. The number of aliphatic imine (C=N–C) groups is 1. The Morgan fingerprint density at radius 2 is 2.00 bits per heavy atom. The van der Waals surface area contributed by atoms with E-state index in [-0.39, 0.29) is 0 Å². The standard InChI is InChI=1S/C12H16N2O3/c1-4-17-8-5-6-10-9(7-8)11(13)14-12(10,15-2)16-3/h5-7H,4H2,1-3H3,(H2,13,14). The first-order chi connectivity index (χ1) is 8.16. The molecule has 0 aromatic heterocycles. The molecular weight excluding hydrogens is 220 g/mol. The number of hydrogen-bond donors (Lipinski definition) is 1. The fourth-order valence-electron chi connectivity index (χ4n) is 1.94. The molecule has 0 unspecified atom stereocenters. The zero-order valence-corrected chi connectivity index (χ0v) is 10.2. The van der Waals surface area contributed by atoms with E-state index in [0.29, 0.717) is 12.4 Å². The normalized spacial score (nSPS) is 16.5. The quantitative estimate of drug-likeness (QED) is 0.798. The topological polar surface area (TPSA) is 66.1 Å². The Balaban J connectivity index is 2.48. The lowest BCUT2D eigenvalue weighted by Gasteiger charge is -2.23. The summed E-state index contributed by atoms with van der Waals surface area (Å²) in [6.45, 7) is 2.54. The molecule has 0 saturated carbocycles. The molecule has 17 heavy (non-hydrogen) atoms. The molecule has 0 amide bonds. The Hall–Kier alpha value is -1.59. The molecule has 92 valence electrons. The number of ether oxygens (including phenoxy) is 3. The summed E-state index contributed by atoms with van der Waals surface area (Å²) < 4.78 is 16.1. The Labute approximate surface area is 100 Å². The lowest BCUT2D eigenvalue weighted by Crippen LogP contribution is -2.26. The van der Waals surface area contributed by atoms with Crippen LogP contribution in [0.25, 0.3) is 0 Å². The van der Waals surface area contributed by atoms with Crippen LogP contribution in [0.1, 0.15) is 18.1 Å². The van der Waals surface area contributed by atoms with E-state index in [2.05, 4.69) is 4.99 Å². The van der Waals surface area contributed by atoms with Gasteiger partial charge in [-0.2, -0.15) is 0 Å². The molecule has 0 aliphatic carbocycles. The maximum absolute atomic E-state index is 5.87. The second-order valence-corrected chi connectivity index (χ2v) is 3.63. The van der Waals surface area contributed by atoms with Gasteiger partial charge in [0.25, 0.3) is 5.91 Å². The van der Waals surface area contributed by atoms with Gasteiger partial charge in [-0.1, -0.05) is 0 Å². The molecule has 1 aliphatic heterocycles. The van der Waals surface area contributed by atoms with Crippen LogP contribution < -0.4 is 10.5 Å². The van der Waals surface area contributed by atoms with Crippen LogP contribution in [-0.4, -0.2) is 26.7 Å². The van der Waals surface area contributed by atoms with Gasteiger partial charge >= 0.3 is 0 Å². The summed E-state index contributed by atoms with van der Waals surface area (Å²) in [6, 6.07) is 5.55. The number of benzene rings is 1. The van der Waals surface area contributed by atoms with Crippen LogP contribution in [0.4, 0.5) is 0 Å². The Kier molecular flexibility index (Phi) is 3.04. The van der Waals surface area contributed by atoms with Crippen molar-refractivity contribution in [1.82, 2.24) is 0 Å². The van der Waals surface area contributed by atoms with Crippen molar-refractivity contribution >= 4 is 5.84 Å². The molecule has 0 saturated heterocycles. The lowest BCUT2D eigenvalue weighted by molar-refractivity contribution is -0.206. The number of nitrogens with zero attached hydrogens (tertiary/aromatic N) is 1. The number of amidine groups is 1. The van der Waals surface area contributed by atoms with E-state index in [9.17, 15) is 0 Å². The monoisotopic (exact) mass is 236 g/mol. The number of hydrogen-bond acceptors (Lipinski definition) is 5. The van der Waals surface area contributed by atoms with Crippen LogP contribution in [-0.2, 0) is 15.4 Å². The van der Waals surface area contributed by atoms with Crippen molar-refractivity contribution in [2.24, 2.45) is 10.7 Å². The van der Waals surface area contributed by atoms with Gasteiger partial charge in [-0.25, -0.2) is 4.99 Å². The predicted molar refractivity (Wildman–Crippen MR) is 64.0 cm³/mol. The third-order valence-corrected chi connectivity index (χ3v) is 2.74. The van der Waals surface area contributed by atoms with Crippen molar-refractivity contribution in [1.29, 1.82) is 0 Å². The highest BCUT2D eigenvalue weighted by Gasteiger charge is 2.40. The van der Waals surface area contributed by atoms with Crippen molar-refractivity contribution in [2.45, 2.75) is 12.8 Å². The molecule has 2 N–H and O–H groups in total. The van der Waals surface area contributed by atoms with Gasteiger partial charge in [0, 0.05) is 25.3 Å². The van der Waals surface area contributed by atoms with Crippen LogP contribution in [0.5, 0.6) is 5.75 Å². The molecule has 0 radical (unpaired) electrons. The molecule has 0 fully saturated rings. The van der Waals surface area contributed by atoms with E-state index in [1.165, 1.54) is 14.2 Å². The molecule has 0 atom stereocenters. The van der Waals surface area contributed by atoms with Crippen LogP contribution >= 0.6 is 0 Å². The molecule has 1 heterocycles. The SMILES string of the molecule is CCOc1ccc2c(c1)C(N)=NC2(OC)OC. The van der Waals surface area contributed by atoms with Crippen LogP contribution in [0, 0.1) is 0 Å². The van der Waals surface area contributed by atoms with E-state index >= 15 is 0 Å². The maximum Gasteiger partial charge on any atom is 0.300 e. The largest absolute Gasteiger partial charge is 0.494 e. The Bertz CT molecular complexity index is 453. The first-order valence-corrected chi connectivity index (χ1v) is 5.40. The summed E-state index contributed by atoms with van der Waals surface area (Å²) >= 11 is 0. The zero-order valence-electron chi connectivity index (χ0n) is 10.2. The number of rotatable bonds is 4. The summed E-state index contributed by atoms with van der Waals surface area (Å²) in [7, 11) is 3.07. The summed E-state index contributed by atoms with van der Waals surface area (Å²) in [6.07, 6.45) is 0. The maximum atomic E-state index is 5.87. The zero-order chi connectivity index (χ0) is 12.5. The lowest BCUT2D eigenvalue weighted by atomic mass is 10.1. The van der Waals surface area contributed by atoms with Crippen LogP contribution in [0.15, 0.2) is 23.2 Å². The second kappa shape index (κ2) is 4.35. The average Bonchev–Trinajstić information content (AvgIpc) is 2.63. The van der Waals surface area contributed by atoms with Gasteiger partial charge in [0.05, 0.1) is 6.61 Å². The van der Waals surface area contributed by atoms with Crippen LogP contribution in [0.2, 0.25) is 0 Å². The highest BCUT2D eigenvalue weighted by Crippen LogP contribution is 2.37. The highest BCUT2D eigenvalue weighted by atomic mass is 16.7. The van der Waals surface area contributed by atoms with Gasteiger partial charge in [-0.15, -0.1) is 0 Å². The highest BCUT2D eigenvalue weighted by molar-refractivity contribution is 6.01. The molecule has 5 nitrogen and oxygen atoms in total. The second-order valence-electron chi connectivity index (χ2n) is 3.63. The Morgan fingerprint density at radius 3 is 2.59 bits per heavy atom. The molecule has 1 aliphatic rings. The summed E-state index contributed by atoms with van der Waals surface area (Å²) in [5, 5.41) is 0. The molecular formula is C12H16N2O3. The molecule has 1 aromatic carbocycles. The number of methoxy groups -OCH3 is 2. The number of fused-ring (bicyclic) bond motifs is 1. The summed E-state index contributed by atoms with van der Waals surface area (Å²) in [5.41, 5.74) is 7.46. The van der Waals surface area contributed by atoms with Gasteiger partial charge in [-0.3, -0.25) is 0 Å². The first kappa shape index (κ1) is 11.9. The van der Waals surface area contributed by atoms with E-state index < -0.39 is 5.91 Å². The molecule has 2 rings (SSSR count). The Morgan fingerprint density at radius 1 is 1.29 bits per heavy atom. The third-order valence-electron chi connectivity index (χ3n) is 2.74. The van der Waals surface area contributed by atoms with Gasteiger partial charge in [0.1, 0.15) is 11.6 Å². The number of nitrogens with two attached hydrogens (primary N) is 1. The minimum absolute atomic E-state index is 0.394. The molecule has 0 bridgehead atoms. The third kappa shape index (κ3) is 1.77. The average molecular weight is 236 g/mol. The van der Waals surface area contributed by atoms with E-state index in [1.54, 1.807) is 0 Å². The van der Waals surface area contributed by atoms with Gasteiger partial charge in [-0.05, 0) is 25.1 Å². The van der Waals surface area contributed by atoms with Crippen LogP contribution in [0.3, 0.4) is 0 Å². The van der Waals surface area contributed by atoms with Crippen molar-refractivity contribution < 1.29 is 14.2 Å².